The van der Waals surface area contributed by atoms with Gasteiger partial charge in [0.15, 0.2) is 0 Å². The van der Waals surface area contributed by atoms with Crippen LogP contribution in [0, 0.1) is 5.41 Å². The molecule has 1 fully saturated rings. The van der Waals surface area contributed by atoms with Crippen molar-refractivity contribution in [3.63, 3.8) is 0 Å². The first-order chi connectivity index (χ1) is 5.85. The molecule has 0 amide bonds. The quantitative estimate of drug-likeness (QED) is 0.731. The smallest absolute Gasteiger partial charge is 0.396 e. The van der Waals surface area contributed by atoms with E-state index in [9.17, 15) is 18.0 Å². The second-order valence-electron chi connectivity index (χ2n) is 3.15. The molecule has 0 aromatic carbocycles. The van der Waals surface area contributed by atoms with Gasteiger partial charge in [-0.15, -0.1) is 12.4 Å². The Labute approximate surface area is 85.2 Å². The molecule has 0 aromatic rings. The van der Waals surface area contributed by atoms with Crippen molar-refractivity contribution >= 4 is 18.4 Å². The molecule has 1 aliphatic carbocycles. The number of halogens is 4. The summed E-state index contributed by atoms with van der Waals surface area (Å²) in [5.41, 5.74) is 3.13. The molecular weight excluding hydrogens is 223 g/mol. The third kappa shape index (κ3) is 1.95. The molecule has 2 N–H and O–H groups in total. The minimum atomic E-state index is -4.42. The van der Waals surface area contributed by atoms with Gasteiger partial charge in [0.2, 0.25) is 0 Å². The summed E-state index contributed by atoms with van der Waals surface area (Å²) in [6.07, 6.45) is -4.60. The van der Waals surface area contributed by atoms with Crippen LogP contribution in [-0.2, 0) is 9.53 Å². The Balaban J connectivity index is 0.00000169. The zero-order valence-electron chi connectivity index (χ0n) is 7.43. The van der Waals surface area contributed by atoms with Gasteiger partial charge in [0.05, 0.1) is 12.5 Å². The van der Waals surface area contributed by atoms with E-state index in [1.54, 1.807) is 0 Å². The van der Waals surface area contributed by atoms with Crippen molar-refractivity contribution < 1.29 is 22.7 Å². The minimum Gasteiger partial charge on any atom is -0.468 e. The van der Waals surface area contributed by atoms with E-state index in [2.05, 4.69) is 4.74 Å². The standard InChI is InChI=1S/C7H10F3NO2.ClH/c1-13-5(12)4(11)6(2-3-6)7(8,9)10;/h4H,2-3,11H2,1H3;1H. The van der Waals surface area contributed by atoms with E-state index in [0.29, 0.717) is 0 Å². The number of alkyl halides is 3. The molecule has 1 rings (SSSR count). The molecule has 0 saturated heterocycles. The fourth-order valence-electron chi connectivity index (χ4n) is 1.26. The van der Waals surface area contributed by atoms with Crippen LogP contribution < -0.4 is 5.73 Å². The fraction of sp³-hybridized carbons (Fsp3) is 0.857. The molecule has 0 radical (unpaired) electrons. The highest BCUT2D eigenvalue weighted by Crippen LogP contribution is 2.59. The van der Waals surface area contributed by atoms with Crippen LogP contribution in [0.1, 0.15) is 12.8 Å². The van der Waals surface area contributed by atoms with Crippen LogP contribution in [0.4, 0.5) is 13.2 Å². The zero-order valence-corrected chi connectivity index (χ0v) is 8.24. The van der Waals surface area contributed by atoms with Crippen LogP contribution >= 0.6 is 12.4 Å². The first kappa shape index (κ1) is 13.5. The van der Waals surface area contributed by atoms with Gasteiger partial charge in [-0.05, 0) is 12.8 Å². The molecular formula is C7H11ClF3NO2. The van der Waals surface area contributed by atoms with Crippen molar-refractivity contribution in [3.05, 3.63) is 0 Å². The second-order valence-corrected chi connectivity index (χ2v) is 3.15. The molecule has 14 heavy (non-hydrogen) atoms. The van der Waals surface area contributed by atoms with Crippen molar-refractivity contribution in [3.8, 4) is 0 Å². The molecule has 1 atom stereocenters. The average molecular weight is 234 g/mol. The first-order valence-corrected chi connectivity index (χ1v) is 3.75. The van der Waals surface area contributed by atoms with Gasteiger partial charge in [0.1, 0.15) is 6.04 Å². The molecule has 1 saturated carbocycles. The van der Waals surface area contributed by atoms with Crippen molar-refractivity contribution in [2.45, 2.75) is 25.1 Å². The van der Waals surface area contributed by atoms with Crippen molar-refractivity contribution in [1.82, 2.24) is 0 Å². The Morgan fingerprint density at radius 1 is 1.50 bits per heavy atom. The summed E-state index contributed by atoms with van der Waals surface area (Å²) >= 11 is 0. The maximum Gasteiger partial charge on any atom is 0.396 e. The largest absolute Gasteiger partial charge is 0.468 e. The molecule has 0 bridgehead atoms. The molecule has 0 spiro atoms. The summed E-state index contributed by atoms with van der Waals surface area (Å²) in [6.45, 7) is 0. The Kier molecular flexibility index (Phi) is 3.80. The average Bonchev–Trinajstić information content (AvgIpc) is 2.80. The highest BCUT2D eigenvalue weighted by Gasteiger charge is 2.68. The normalized spacial score (nSPS) is 20.6. The van der Waals surface area contributed by atoms with E-state index in [0.717, 1.165) is 7.11 Å². The van der Waals surface area contributed by atoms with Gasteiger partial charge in [-0.2, -0.15) is 13.2 Å². The number of esters is 1. The van der Waals surface area contributed by atoms with Gasteiger partial charge in [-0.1, -0.05) is 0 Å². The number of ether oxygens (including phenoxy) is 1. The maximum absolute atomic E-state index is 12.4. The molecule has 0 heterocycles. The molecule has 3 nitrogen and oxygen atoms in total. The third-order valence-corrected chi connectivity index (χ3v) is 2.40. The Hall–Kier alpha value is -0.490. The highest BCUT2D eigenvalue weighted by molar-refractivity contribution is 5.85. The summed E-state index contributed by atoms with van der Waals surface area (Å²) in [4.78, 5) is 10.8. The fourth-order valence-corrected chi connectivity index (χ4v) is 1.26. The van der Waals surface area contributed by atoms with Gasteiger partial charge in [0.25, 0.3) is 0 Å². The second kappa shape index (κ2) is 3.94. The topological polar surface area (TPSA) is 52.3 Å². The highest BCUT2D eigenvalue weighted by atomic mass is 35.5. The monoisotopic (exact) mass is 233 g/mol. The summed E-state index contributed by atoms with van der Waals surface area (Å²) in [6, 6.07) is -1.59. The van der Waals surface area contributed by atoms with Gasteiger partial charge in [0, 0.05) is 0 Å². The number of nitrogens with two attached hydrogens (primary N) is 1. The molecule has 1 aliphatic rings. The SMILES string of the molecule is COC(=O)C(N)C1(C(F)(F)F)CC1.Cl. The maximum atomic E-state index is 12.4. The molecule has 1 unspecified atom stereocenters. The van der Waals surface area contributed by atoms with Gasteiger partial charge < -0.3 is 10.5 Å². The minimum absolute atomic E-state index is 0. The summed E-state index contributed by atoms with van der Waals surface area (Å²) in [5.74, 6) is -1.00. The van der Waals surface area contributed by atoms with E-state index in [4.69, 9.17) is 5.73 Å². The summed E-state index contributed by atoms with van der Waals surface area (Å²) in [7, 11) is 1.02. The van der Waals surface area contributed by atoms with Crippen molar-refractivity contribution in [2.75, 3.05) is 7.11 Å². The Morgan fingerprint density at radius 2 is 1.93 bits per heavy atom. The van der Waals surface area contributed by atoms with Gasteiger partial charge in [-0.25, -0.2) is 0 Å². The lowest BCUT2D eigenvalue weighted by atomic mass is 9.97. The molecule has 0 aromatic heterocycles. The number of rotatable bonds is 2. The van der Waals surface area contributed by atoms with E-state index in [-0.39, 0.29) is 25.2 Å². The van der Waals surface area contributed by atoms with E-state index >= 15 is 0 Å². The molecule has 7 heteroatoms. The van der Waals surface area contributed by atoms with E-state index in [1.807, 2.05) is 0 Å². The van der Waals surface area contributed by atoms with Gasteiger partial charge >= 0.3 is 12.1 Å². The van der Waals surface area contributed by atoms with E-state index < -0.39 is 23.6 Å². The predicted molar refractivity (Wildman–Crippen MR) is 45.0 cm³/mol. The summed E-state index contributed by atoms with van der Waals surface area (Å²) < 4.78 is 41.2. The van der Waals surface area contributed by atoms with Crippen molar-refractivity contribution in [2.24, 2.45) is 11.1 Å². The number of carbonyl (C=O) groups excluding carboxylic acids is 1. The van der Waals surface area contributed by atoms with Crippen LogP contribution in [0.25, 0.3) is 0 Å². The molecule has 84 valence electrons. The predicted octanol–water partition coefficient (Wildman–Crippen LogP) is 1.25. The van der Waals surface area contributed by atoms with Gasteiger partial charge in [-0.3, -0.25) is 4.79 Å². The lowest BCUT2D eigenvalue weighted by molar-refractivity contribution is -0.199. The third-order valence-electron chi connectivity index (χ3n) is 2.40. The number of methoxy groups -OCH3 is 1. The lowest BCUT2D eigenvalue weighted by Crippen LogP contribution is -2.47. The Bertz CT molecular complexity index is 227. The van der Waals surface area contributed by atoms with Crippen LogP contribution in [0.3, 0.4) is 0 Å². The molecule has 0 aliphatic heterocycles. The number of hydrogen-bond acceptors (Lipinski definition) is 3. The number of carbonyl (C=O) groups is 1. The van der Waals surface area contributed by atoms with Crippen LogP contribution in [0.2, 0.25) is 0 Å². The number of hydrogen-bond donors (Lipinski definition) is 1. The van der Waals surface area contributed by atoms with E-state index in [1.165, 1.54) is 0 Å². The van der Waals surface area contributed by atoms with Crippen LogP contribution in [0.15, 0.2) is 0 Å². The first-order valence-electron chi connectivity index (χ1n) is 3.75. The van der Waals surface area contributed by atoms with Crippen molar-refractivity contribution in [1.29, 1.82) is 0 Å². The zero-order chi connectivity index (χ0) is 10.3. The summed E-state index contributed by atoms with van der Waals surface area (Å²) in [5, 5.41) is 0. The Morgan fingerprint density at radius 3 is 2.14 bits per heavy atom. The lowest BCUT2D eigenvalue weighted by Gasteiger charge is -2.23. The van der Waals surface area contributed by atoms with Crippen LogP contribution in [0.5, 0.6) is 0 Å². The van der Waals surface area contributed by atoms with Crippen LogP contribution in [-0.4, -0.2) is 25.3 Å².